The smallest absolute Gasteiger partial charge is 0.0132 e. The van der Waals surface area contributed by atoms with E-state index in [1.165, 1.54) is 5.57 Å². The number of rotatable bonds is 0. The molecule has 0 nitrogen and oxygen atoms in total. The SMILES string of the molecule is CC12C=C([C]C1)C2(C)C. The van der Waals surface area contributed by atoms with Crippen LogP contribution in [0.1, 0.15) is 27.2 Å². The lowest BCUT2D eigenvalue weighted by molar-refractivity contribution is 0.188. The quantitative estimate of drug-likeness (QED) is 0.460. The monoisotopic (exact) mass is 120 g/mol. The second-order valence-corrected chi connectivity index (χ2v) is 3.95. The van der Waals surface area contributed by atoms with Crippen molar-refractivity contribution in [2.45, 2.75) is 27.2 Å². The number of hydrogen-bond acceptors (Lipinski definition) is 0. The van der Waals surface area contributed by atoms with E-state index in [1.54, 1.807) is 0 Å². The van der Waals surface area contributed by atoms with Crippen LogP contribution in [0.4, 0.5) is 0 Å². The molecule has 2 bridgehead atoms. The van der Waals surface area contributed by atoms with Crippen LogP contribution in [0.2, 0.25) is 0 Å². The van der Waals surface area contributed by atoms with Gasteiger partial charge < -0.3 is 0 Å². The molecule has 3 rings (SSSR count). The molecule has 0 heteroatoms. The molecule has 0 heterocycles. The third-order valence-corrected chi connectivity index (χ3v) is 3.21. The van der Waals surface area contributed by atoms with Crippen molar-refractivity contribution in [2.24, 2.45) is 10.8 Å². The summed E-state index contributed by atoms with van der Waals surface area (Å²) in [5.41, 5.74) is 2.35. The standard InChI is InChI=1S/C9H12/c1-8(2)7-4-5-9(8,3)6-7/h6H,5H2,1-3H3. The molecule has 1 unspecified atom stereocenters. The van der Waals surface area contributed by atoms with Gasteiger partial charge in [0.05, 0.1) is 0 Å². The average Bonchev–Trinajstić information content (AvgIpc) is 2.21. The van der Waals surface area contributed by atoms with Crippen LogP contribution >= 0.6 is 0 Å². The first-order valence-corrected chi connectivity index (χ1v) is 3.53. The Balaban J connectivity index is 2.46. The predicted molar refractivity (Wildman–Crippen MR) is 37.8 cm³/mol. The van der Waals surface area contributed by atoms with Gasteiger partial charge in [0, 0.05) is 6.42 Å². The first kappa shape index (κ1) is 5.52. The summed E-state index contributed by atoms with van der Waals surface area (Å²) < 4.78 is 0. The van der Waals surface area contributed by atoms with Gasteiger partial charge in [0.1, 0.15) is 0 Å². The maximum absolute atomic E-state index is 3.39. The normalized spacial score (nSPS) is 44.1. The first-order chi connectivity index (χ1) is 4.06. The minimum atomic E-state index is 0.438. The molecule has 0 spiro atoms. The third kappa shape index (κ3) is 0.385. The van der Waals surface area contributed by atoms with Gasteiger partial charge >= 0.3 is 0 Å². The molecule has 0 N–H and O–H groups in total. The van der Waals surface area contributed by atoms with Crippen molar-refractivity contribution < 1.29 is 0 Å². The van der Waals surface area contributed by atoms with Crippen LogP contribution in [-0.4, -0.2) is 0 Å². The van der Waals surface area contributed by atoms with Gasteiger partial charge in [0.15, 0.2) is 0 Å². The summed E-state index contributed by atoms with van der Waals surface area (Å²) in [5, 5.41) is 0. The van der Waals surface area contributed by atoms with Crippen LogP contribution in [0.25, 0.3) is 0 Å². The zero-order valence-corrected chi connectivity index (χ0v) is 6.28. The van der Waals surface area contributed by atoms with Crippen molar-refractivity contribution in [3.05, 3.63) is 18.1 Å². The van der Waals surface area contributed by atoms with E-state index in [9.17, 15) is 0 Å². The summed E-state index contributed by atoms with van der Waals surface area (Å²) in [6.45, 7) is 6.93. The summed E-state index contributed by atoms with van der Waals surface area (Å²) in [4.78, 5) is 0. The van der Waals surface area contributed by atoms with Crippen LogP contribution in [0, 0.1) is 17.3 Å². The molecule has 1 saturated carbocycles. The number of fused-ring (bicyclic) bond motifs is 1. The van der Waals surface area contributed by atoms with Crippen LogP contribution in [0.3, 0.4) is 0 Å². The summed E-state index contributed by atoms with van der Waals surface area (Å²) in [6.07, 6.45) is 6.89. The lowest BCUT2D eigenvalue weighted by Gasteiger charge is -2.45. The van der Waals surface area contributed by atoms with E-state index in [-0.39, 0.29) is 0 Å². The van der Waals surface area contributed by atoms with E-state index in [2.05, 4.69) is 33.3 Å². The van der Waals surface area contributed by atoms with E-state index in [1.807, 2.05) is 0 Å². The second kappa shape index (κ2) is 1.12. The van der Waals surface area contributed by atoms with Crippen molar-refractivity contribution in [1.82, 2.24) is 0 Å². The van der Waals surface area contributed by atoms with Crippen molar-refractivity contribution in [2.75, 3.05) is 0 Å². The van der Waals surface area contributed by atoms with Crippen LogP contribution in [-0.2, 0) is 0 Å². The molecule has 3 aliphatic carbocycles. The molecular weight excluding hydrogens is 108 g/mol. The van der Waals surface area contributed by atoms with Crippen molar-refractivity contribution in [3.63, 3.8) is 0 Å². The summed E-state index contributed by atoms with van der Waals surface area (Å²) in [5.74, 6) is 0. The Kier molecular flexibility index (Phi) is 0.685. The van der Waals surface area contributed by atoms with Gasteiger partial charge in [-0.05, 0) is 17.3 Å². The maximum Gasteiger partial charge on any atom is 0.0132 e. The highest BCUT2D eigenvalue weighted by molar-refractivity contribution is 5.45. The zero-order valence-electron chi connectivity index (χ0n) is 6.28. The number of hydrogen-bond donors (Lipinski definition) is 0. The van der Waals surface area contributed by atoms with E-state index in [0.29, 0.717) is 10.8 Å². The fourth-order valence-corrected chi connectivity index (χ4v) is 1.73. The fourth-order valence-electron chi connectivity index (χ4n) is 1.73. The Morgan fingerprint density at radius 3 is 2.22 bits per heavy atom. The van der Waals surface area contributed by atoms with Crippen molar-refractivity contribution in [1.29, 1.82) is 0 Å². The Hall–Kier alpha value is -0.260. The molecule has 0 aliphatic heterocycles. The Labute approximate surface area is 57.0 Å². The van der Waals surface area contributed by atoms with E-state index < -0.39 is 0 Å². The Morgan fingerprint density at radius 2 is 2.11 bits per heavy atom. The first-order valence-electron chi connectivity index (χ1n) is 3.53. The third-order valence-electron chi connectivity index (χ3n) is 3.21. The Bertz CT molecular complexity index is 183. The van der Waals surface area contributed by atoms with Gasteiger partial charge in [0.2, 0.25) is 0 Å². The minimum Gasteiger partial charge on any atom is -0.0773 e. The highest BCUT2D eigenvalue weighted by Gasteiger charge is 2.54. The van der Waals surface area contributed by atoms with E-state index >= 15 is 0 Å². The molecule has 1 atom stereocenters. The molecule has 0 saturated heterocycles. The lowest BCUT2D eigenvalue weighted by atomic mass is 9.59. The largest absolute Gasteiger partial charge is 0.0773 e. The van der Waals surface area contributed by atoms with Crippen LogP contribution < -0.4 is 0 Å². The average molecular weight is 120 g/mol. The fraction of sp³-hybridized carbons (Fsp3) is 0.667. The van der Waals surface area contributed by atoms with Crippen LogP contribution in [0.15, 0.2) is 11.6 Å². The predicted octanol–water partition coefficient (Wildman–Crippen LogP) is 2.44. The van der Waals surface area contributed by atoms with E-state index in [4.69, 9.17) is 0 Å². The number of allylic oxidation sites excluding steroid dienone is 2. The van der Waals surface area contributed by atoms with Gasteiger partial charge in [-0.15, -0.1) is 0 Å². The van der Waals surface area contributed by atoms with Gasteiger partial charge in [0.25, 0.3) is 0 Å². The molecule has 3 aliphatic rings. The molecular formula is C9H12. The summed E-state index contributed by atoms with van der Waals surface area (Å²) >= 11 is 0. The molecule has 1 fully saturated rings. The van der Waals surface area contributed by atoms with E-state index in [0.717, 1.165) is 6.42 Å². The van der Waals surface area contributed by atoms with Gasteiger partial charge in [-0.2, -0.15) is 0 Å². The lowest BCUT2D eigenvalue weighted by Crippen LogP contribution is -2.36. The van der Waals surface area contributed by atoms with Gasteiger partial charge in [-0.1, -0.05) is 32.4 Å². The molecule has 9 heavy (non-hydrogen) atoms. The summed E-state index contributed by atoms with van der Waals surface area (Å²) in [6, 6.07) is 0. The van der Waals surface area contributed by atoms with Gasteiger partial charge in [-0.25, -0.2) is 0 Å². The topological polar surface area (TPSA) is 0 Å². The molecule has 0 aromatic rings. The molecule has 2 radical (unpaired) electrons. The highest BCUT2D eigenvalue weighted by atomic mass is 14.6. The second-order valence-electron chi connectivity index (χ2n) is 3.95. The van der Waals surface area contributed by atoms with Gasteiger partial charge in [-0.3, -0.25) is 0 Å². The van der Waals surface area contributed by atoms with Crippen molar-refractivity contribution >= 4 is 0 Å². The minimum absolute atomic E-state index is 0.438. The Morgan fingerprint density at radius 1 is 1.44 bits per heavy atom. The molecule has 48 valence electrons. The zero-order chi connectivity index (χ0) is 6.70. The highest BCUT2D eigenvalue weighted by Crippen LogP contribution is 2.64. The van der Waals surface area contributed by atoms with Crippen LogP contribution in [0.5, 0.6) is 0 Å². The molecule has 0 aromatic heterocycles. The van der Waals surface area contributed by atoms with Crippen molar-refractivity contribution in [3.8, 4) is 0 Å². The molecule has 0 amide bonds. The maximum atomic E-state index is 3.39. The summed E-state index contributed by atoms with van der Waals surface area (Å²) in [7, 11) is 0. The molecule has 0 aromatic carbocycles.